The first-order valence-corrected chi connectivity index (χ1v) is 6.16. The summed E-state index contributed by atoms with van der Waals surface area (Å²) in [6.07, 6.45) is 1.93. The molecule has 15 heavy (non-hydrogen) atoms. The molecule has 1 aliphatic heterocycles. The first-order chi connectivity index (χ1) is 7.20. The van der Waals surface area contributed by atoms with E-state index in [1.807, 2.05) is 17.0 Å². The van der Waals surface area contributed by atoms with Crippen LogP contribution in [0.15, 0.2) is 12.1 Å². The highest BCUT2D eigenvalue weighted by atomic mass is 32.1. The molecule has 1 amide bonds. The molecule has 0 radical (unpaired) electrons. The van der Waals surface area contributed by atoms with Gasteiger partial charge in [0.15, 0.2) is 0 Å². The summed E-state index contributed by atoms with van der Waals surface area (Å²) >= 11 is 1.60. The Morgan fingerprint density at radius 2 is 2.47 bits per heavy atom. The molecule has 1 atom stereocenters. The lowest BCUT2D eigenvalue weighted by molar-refractivity contribution is 0.0795. The average Bonchev–Trinajstić information content (AvgIpc) is 2.84. The fraction of sp³-hybridized carbons (Fsp3) is 0.545. The second kappa shape index (κ2) is 4.33. The maximum Gasteiger partial charge on any atom is 0.263 e. The van der Waals surface area contributed by atoms with Crippen molar-refractivity contribution in [1.29, 1.82) is 0 Å². The normalized spacial score (nSPS) is 20.9. The third kappa shape index (κ3) is 2.21. The highest BCUT2D eigenvalue weighted by molar-refractivity contribution is 7.14. The van der Waals surface area contributed by atoms with Gasteiger partial charge in [0.2, 0.25) is 0 Å². The summed E-state index contributed by atoms with van der Waals surface area (Å²) in [4.78, 5) is 16.0. The lowest BCUT2D eigenvalue weighted by Crippen LogP contribution is -2.31. The van der Waals surface area contributed by atoms with Gasteiger partial charge in [0.1, 0.15) is 0 Å². The van der Waals surface area contributed by atoms with Crippen molar-refractivity contribution in [3.05, 3.63) is 21.9 Å². The first kappa shape index (κ1) is 10.6. The van der Waals surface area contributed by atoms with Crippen LogP contribution >= 0.6 is 11.3 Å². The van der Waals surface area contributed by atoms with Gasteiger partial charge in [-0.2, -0.15) is 0 Å². The lowest BCUT2D eigenvalue weighted by Gasteiger charge is -2.14. The van der Waals surface area contributed by atoms with Gasteiger partial charge in [-0.25, -0.2) is 0 Å². The topological polar surface area (TPSA) is 46.3 Å². The van der Waals surface area contributed by atoms with Gasteiger partial charge < -0.3 is 10.6 Å². The van der Waals surface area contributed by atoms with Crippen LogP contribution in [0, 0.1) is 0 Å². The summed E-state index contributed by atoms with van der Waals surface area (Å²) in [7, 11) is 0. The molecular formula is C11H16N2OS. The minimum atomic E-state index is 0.146. The number of carbonyl (C=O) groups excluding carboxylic acids is 1. The van der Waals surface area contributed by atoms with Crippen molar-refractivity contribution in [2.45, 2.75) is 25.8 Å². The van der Waals surface area contributed by atoms with Crippen molar-refractivity contribution in [2.24, 2.45) is 5.73 Å². The molecule has 1 fully saturated rings. The number of likely N-dealkylation sites (tertiary alicyclic amines) is 1. The minimum absolute atomic E-state index is 0.146. The molecule has 1 aliphatic rings. The third-order valence-corrected chi connectivity index (χ3v) is 3.95. The fourth-order valence-corrected chi connectivity index (χ4v) is 2.73. The molecule has 1 aromatic heterocycles. The summed E-state index contributed by atoms with van der Waals surface area (Å²) in [5, 5.41) is 0. The molecule has 0 unspecified atom stereocenters. The molecule has 0 bridgehead atoms. The molecule has 2 heterocycles. The van der Waals surface area contributed by atoms with Crippen LogP contribution in [-0.2, 0) is 6.42 Å². The van der Waals surface area contributed by atoms with E-state index in [1.54, 1.807) is 11.3 Å². The molecule has 0 aromatic carbocycles. The molecule has 0 aliphatic carbocycles. The molecule has 3 nitrogen and oxygen atoms in total. The Kier molecular flexibility index (Phi) is 3.07. The van der Waals surface area contributed by atoms with E-state index in [2.05, 4.69) is 6.92 Å². The number of hydrogen-bond donors (Lipinski definition) is 1. The summed E-state index contributed by atoms with van der Waals surface area (Å²) in [6.45, 7) is 3.61. The number of aryl methyl sites for hydroxylation is 1. The number of nitrogens with zero attached hydrogens (tertiary/aromatic N) is 1. The highest BCUT2D eigenvalue weighted by Crippen LogP contribution is 2.20. The summed E-state index contributed by atoms with van der Waals surface area (Å²) in [6, 6.07) is 4.13. The van der Waals surface area contributed by atoms with E-state index in [9.17, 15) is 4.79 Å². The van der Waals surface area contributed by atoms with Crippen LogP contribution in [0.1, 0.15) is 27.9 Å². The van der Waals surface area contributed by atoms with Gasteiger partial charge in [-0.15, -0.1) is 11.3 Å². The van der Waals surface area contributed by atoms with Crippen LogP contribution < -0.4 is 5.73 Å². The van der Waals surface area contributed by atoms with Crippen molar-refractivity contribution < 1.29 is 4.79 Å². The SMILES string of the molecule is CCc1ccc(C(=O)N2CC[C@H](N)C2)s1. The van der Waals surface area contributed by atoms with Crippen LogP contribution in [0.3, 0.4) is 0 Å². The smallest absolute Gasteiger partial charge is 0.263 e. The predicted molar refractivity (Wildman–Crippen MR) is 62.2 cm³/mol. The number of nitrogens with two attached hydrogens (primary N) is 1. The zero-order valence-electron chi connectivity index (χ0n) is 8.90. The standard InChI is InChI=1S/C11H16N2OS/c1-2-9-3-4-10(15-9)11(14)13-6-5-8(12)7-13/h3-4,8H,2,5-7,12H2,1H3/t8-/m0/s1. The minimum Gasteiger partial charge on any atom is -0.336 e. The van der Waals surface area contributed by atoms with E-state index in [4.69, 9.17) is 5.73 Å². The lowest BCUT2D eigenvalue weighted by atomic mass is 10.3. The Balaban J connectivity index is 2.07. The van der Waals surface area contributed by atoms with Crippen molar-refractivity contribution >= 4 is 17.2 Å². The molecule has 1 aromatic rings. The van der Waals surface area contributed by atoms with E-state index >= 15 is 0 Å². The zero-order valence-corrected chi connectivity index (χ0v) is 9.72. The van der Waals surface area contributed by atoms with E-state index in [0.717, 1.165) is 24.3 Å². The summed E-state index contributed by atoms with van der Waals surface area (Å²) in [5.74, 6) is 0.146. The Labute approximate surface area is 93.9 Å². The monoisotopic (exact) mass is 224 g/mol. The molecule has 2 N–H and O–H groups in total. The van der Waals surface area contributed by atoms with Gasteiger partial charge in [0, 0.05) is 24.0 Å². The van der Waals surface area contributed by atoms with Crippen LogP contribution in [0.25, 0.3) is 0 Å². The van der Waals surface area contributed by atoms with Gasteiger partial charge in [-0.3, -0.25) is 4.79 Å². The van der Waals surface area contributed by atoms with Crippen molar-refractivity contribution in [3.63, 3.8) is 0 Å². The molecule has 82 valence electrons. The van der Waals surface area contributed by atoms with Gasteiger partial charge in [0.05, 0.1) is 4.88 Å². The molecule has 0 spiro atoms. The largest absolute Gasteiger partial charge is 0.336 e. The van der Waals surface area contributed by atoms with Crippen molar-refractivity contribution in [1.82, 2.24) is 4.90 Å². The molecule has 4 heteroatoms. The van der Waals surface area contributed by atoms with Crippen molar-refractivity contribution in [2.75, 3.05) is 13.1 Å². The highest BCUT2D eigenvalue weighted by Gasteiger charge is 2.25. The molecular weight excluding hydrogens is 208 g/mol. The number of amides is 1. The quantitative estimate of drug-likeness (QED) is 0.827. The number of carbonyl (C=O) groups is 1. The van der Waals surface area contributed by atoms with Crippen LogP contribution in [0.2, 0.25) is 0 Å². The van der Waals surface area contributed by atoms with E-state index in [0.29, 0.717) is 6.54 Å². The Bertz CT molecular complexity index is 361. The second-order valence-electron chi connectivity index (χ2n) is 3.92. The Morgan fingerprint density at radius 3 is 3.00 bits per heavy atom. The maximum atomic E-state index is 12.0. The molecule has 2 rings (SSSR count). The third-order valence-electron chi connectivity index (χ3n) is 2.73. The van der Waals surface area contributed by atoms with Gasteiger partial charge in [-0.1, -0.05) is 6.92 Å². The van der Waals surface area contributed by atoms with Gasteiger partial charge in [-0.05, 0) is 25.0 Å². The van der Waals surface area contributed by atoms with E-state index < -0.39 is 0 Å². The fourth-order valence-electron chi connectivity index (χ4n) is 1.81. The van der Waals surface area contributed by atoms with E-state index in [1.165, 1.54) is 4.88 Å². The number of rotatable bonds is 2. The Hall–Kier alpha value is -0.870. The molecule has 0 saturated carbocycles. The Morgan fingerprint density at radius 1 is 1.67 bits per heavy atom. The average molecular weight is 224 g/mol. The number of hydrogen-bond acceptors (Lipinski definition) is 3. The van der Waals surface area contributed by atoms with Gasteiger partial charge in [0.25, 0.3) is 5.91 Å². The summed E-state index contributed by atoms with van der Waals surface area (Å²) in [5.41, 5.74) is 5.78. The second-order valence-corrected chi connectivity index (χ2v) is 5.09. The van der Waals surface area contributed by atoms with Crippen LogP contribution in [0.5, 0.6) is 0 Å². The molecule has 1 saturated heterocycles. The van der Waals surface area contributed by atoms with Crippen LogP contribution in [0.4, 0.5) is 0 Å². The first-order valence-electron chi connectivity index (χ1n) is 5.34. The van der Waals surface area contributed by atoms with Gasteiger partial charge >= 0.3 is 0 Å². The van der Waals surface area contributed by atoms with E-state index in [-0.39, 0.29) is 11.9 Å². The maximum absolute atomic E-state index is 12.0. The summed E-state index contributed by atoms with van der Waals surface area (Å²) < 4.78 is 0. The predicted octanol–water partition coefficient (Wildman–Crippen LogP) is 1.48. The zero-order chi connectivity index (χ0) is 10.8. The van der Waals surface area contributed by atoms with Crippen LogP contribution in [-0.4, -0.2) is 29.9 Å². The van der Waals surface area contributed by atoms with Crippen molar-refractivity contribution in [3.8, 4) is 0 Å². The number of thiophene rings is 1.